The molecule has 0 saturated carbocycles. The Balaban J connectivity index is 1.78. The number of rotatable bonds is 7. The second kappa shape index (κ2) is 10.0. The zero-order chi connectivity index (χ0) is 23.4. The van der Waals surface area contributed by atoms with Crippen LogP contribution in [-0.2, 0) is 6.54 Å². The van der Waals surface area contributed by atoms with Crippen LogP contribution in [0.4, 0.5) is 17.2 Å². The number of amides is 1. The van der Waals surface area contributed by atoms with Gasteiger partial charge >= 0.3 is 5.69 Å². The van der Waals surface area contributed by atoms with Crippen LogP contribution in [0.5, 0.6) is 0 Å². The van der Waals surface area contributed by atoms with Gasteiger partial charge in [0.1, 0.15) is 5.82 Å². The van der Waals surface area contributed by atoms with E-state index in [0.717, 1.165) is 44.7 Å². The number of hydrogen-bond donors (Lipinski definition) is 2. The summed E-state index contributed by atoms with van der Waals surface area (Å²) >= 11 is 0. The second-order valence-corrected chi connectivity index (χ2v) is 8.53. The number of aromatic amines is 1. The average molecular weight is 443 g/mol. The van der Waals surface area contributed by atoms with E-state index in [0.29, 0.717) is 18.2 Å². The minimum Gasteiger partial charge on any atom is -0.383 e. The monoisotopic (exact) mass is 442 g/mol. The fraction of sp³-hybridized carbons (Fsp3) is 0.522. The number of aromatic nitrogens is 2. The molecule has 1 saturated heterocycles. The minimum absolute atomic E-state index is 0.00249. The van der Waals surface area contributed by atoms with Crippen LogP contribution in [0.15, 0.2) is 33.9 Å². The van der Waals surface area contributed by atoms with Crippen molar-refractivity contribution >= 4 is 23.1 Å². The topological polar surface area (TPSA) is 108 Å². The smallest absolute Gasteiger partial charge is 0.330 e. The summed E-state index contributed by atoms with van der Waals surface area (Å²) in [6.45, 7) is 10.7. The molecule has 9 heteroatoms. The molecule has 32 heavy (non-hydrogen) atoms. The third-order valence-corrected chi connectivity index (χ3v) is 6.11. The fourth-order valence-corrected chi connectivity index (χ4v) is 4.05. The summed E-state index contributed by atoms with van der Waals surface area (Å²) in [5.74, 6) is -0.359. The molecular weight excluding hydrogens is 408 g/mol. The number of anilines is 3. The van der Waals surface area contributed by atoms with Gasteiger partial charge < -0.3 is 15.5 Å². The lowest BCUT2D eigenvalue weighted by molar-refractivity contribution is 0.0992. The van der Waals surface area contributed by atoms with Crippen molar-refractivity contribution < 1.29 is 4.79 Å². The fourth-order valence-electron chi connectivity index (χ4n) is 4.05. The average Bonchev–Trinajstić information content (AvgIpc) is 2.78. The molecule has 1 aliphatic rings. The molecule has 0 radical (unpaired) electrons. The summed E-state index contributed by atoms with van der Waals surface area (Å²) in [7, 11) is 1.50. The lowest BCUT2D eigenvalue weighted by Gasteiger charge is -2.38. The first kappa shape index (κ1) is 23.6. The Bertz CT molecular complexity index is 1050. The van der Waals surface area contributed by atoms with Crippen molar-refractivity contribution in [3.05, 3.63) is 50.7 Å². The summed E-state index contributed by atoms with van der Waals surface area (Å²) in [4.78, 5) is 45.9. The number of hydrogen-bond acceptors (Lipinski definition) is 6. The van der Waals surface area contributed by atoms with E-state index in [1.165, 1.54) is 16.5 Å². The first-order valence-corrected chi connectivity index (χ1v) is 11.2. The molecule has 0 aliphatic carbocycles. The summed E-state index contributed by atoms with van der Waals surface area (Å²) in [6, 6.07) is 7.93. The molecule has 0 atom stereocenters. The van der Waals surface area contributed by atoms with Gasteiger partial charge in [-0.1, -0.05) is 13.3 Å². The summed E-state index contributed by atoms with van der Waals surface area (Å²) in [5, 5.41) is 0. The quantitative estimate of drug-likeness (QED) is 0.676. The first-order chi connectivity index (χ1) is 15.2. The number of carbonyl (C=O) groups excluding carboxylic acids is 1. The van der Waals surface area contributed by atoms with Crippen molar-refractivity contribution in [3.63, 3.8) is 0 Å². The second-order valence-electron chi connectivity index (χ2n) is 8.53. The van der Waals surface area contributed by atoms with Crippen LogP contribution in [0.25, 0.3) is 0 Å². The molecule has 3 N–H and O–H groups in total. The highest BCUT2D eigenvalue weighted by Gasteiger charge is 2.23. The van der Waals surface area contributed by atoms with Crippen LogP contribution < -0.4 is 26.8 Å². The molecule has 0 unspecified atom stereocenters. The Morgan fingerprint density at radius 3 is 2.31 bits per heavy atom. The van der Waals surface area contributed by atoms with Gasteiger partial charge in [-0.25, -0.2) is 4.79 Å². The standard InChI is InChI=1S/C23H34N6O3/c1-5-6-11-29-20(24)19(21(30)25-23(29)32)26(4)22(31)17-7-9-18(10-8-17)28-14-12-27(13-15-28)16(2)3/h7-10,16H,5-6,11-15,24H2,1-4H3,(H,25,30,32). The maximum atomic E-state index is 13.1. The first-order valence-electron chi connectivity index (χ1n) is 11.2. The Hall–Kier alpha value is -3.07. The number of piperazine rings is 1. The van der Waals surface area contributed by atoms with Crippen LogP contribution in [-0.4, -0.2) is 59.6 Å². The van der Waals surface area contributed by atoms with E-state index < -0.39 is 11.2 Å². The highest BCUT2D eigenvalue weighted by atomic mass is 16.2. The van der Waals surface area contributed by atoms with Gasteiger partial charge in [-0.05, 0) is 44.5 Å². The number of nitrogens with two attached hydrogens (primary N) is 1. The third-order valence-electron chi connectivity index (χ3n) is 6.11. The van der Waals surface area contributed by atoms with Gasteiger partial charge in [0.2, 0.25) is 0 Å². The predicted octanol–water partition coefficient (Wildman–Crippen LogP) is 1.73. The number of H-pyrrole nitrogens is 1. The minimum atomic E-state index is -0.671. The molecule has 0 bridgehead atoms. The van der Waals surface area contributed by atoms with Crippen molar-refractivity contribution in [1.29, 1.82) is 0 Å². The summed E-state index contributed by atoms with van der Waals surface area (Å²) in [6.07, 6.45) is 1.61. The molecule has 1 aromatic carbocycles. The van der Waals surface area contributed by atoms with E-state index in [4.69, 9.17) is 5.73 Å². The van der Waals surface area contributed by atoms with E-state index in [1.807, 2.05) is 19.1 Å². The van der Waals surface area contributed by atoms with Gasteiger partial charge in [0, 0.05) is 57.1 Å². The number of nitrogen functional groups attached to an aromatic ring is 1. The summed E-state index contributed by atoms with van der Waals surface area (Å²) in [5.41, 5.74) is 6.40. The molecule has 1 aliphatic heterocycles. The molecule has 0 spiro atoms. The van der Waals surface area contributed by atoms with Crippen LogP contribution >= 0.6 is 0 Å². The normalized spacial score (nSPS) is 14.7. The number of carbonyl (C=O) groups is 1. The number of unbranched alkanes of at least 4 members (excludes halogenated alkanes) is 1. The Morgan fingerprint density at radius 2 is 1.75 bits per heavy atom. The third kappa shape index (κ3) is 4.88. The van der Waals surface area contributed by atoms with Crippen molar-refractivity contribution in [2.75, 3.05) is 48.8 Å². The Kier molecular flexibility index (Phi) is 7.40. The number of benzene rings is 1. The van der Waals surface area contributed by atoms with E-state index in [2.05, 4.69) is 28.6 Å². The zero-order valence-corrected chi connectivity index (χ0v) is 19.4. The molecule has 174 valence electrons. The molecule has 1 fully saturated rings. The van der Waals surface area contributed by atoms with E-state index in [-0.39, 0.29) is 17.4 Å². The Morgan fingerprint density at radius 1 is 1.12 bits per heavy atom. The number of nitrogens with one attached hydrogen (secondary N) is 1. The van der Waals surface area contributed by atoms with E-state index >= 15 is 0 Å². The molecule has 1 aromatic heterocycles. The van der Waals surface area contributed by atoms with Crippen LogP contribution in [0.2, 0.25) is 0 Å². The van der Waals surface area contributed by atoms with Crippen LogP contribution in [0.1, 0.15) is 44.0 Å². The van der Waals surface area contributed by atoms with Crippen molar-refractivity contribution in [2.24, 2.45) is 0 Å². The van der Waals surface area contributed by atoms with Crippen LogP contribution in [0, 0.1) is 0 Å². The molecule has 2 heterocycles. The maximum Gasteiger partial charge on any atom is 0.330 e. The van der Waals surface area contributed by atoms with Gasteiger partial charge in [0.05, 0.1) is 0 Å². The largest absolute Gasteiger partial charge is 0.383 e. The molecular formula is C23H34N6O3. The Labute approximate surface area is 188 Å². The van der Waals surface area contributed by atoms with E-state index in [1.54, 1.807) is 12.1 Å². The SMILES string of the molecule is CCCCn1c(N)c(N(C)C(=O)c2ccc(N3CCN(C(C)C)CC3)cc2)c(=O)[nH]c1=O. The molecule has 9 nitrogen and oxygen atoms in total. The maximum absolute atomic E-state index is 13.1. The van der Waals surface area contributed by atoms with Crippen LogP contribution in [0.3, 0.4) is 0 Å². The lowest BCUT2D eigenvalue weighted by Crippen LogP contribution is -2.48. The van der Waals surface area contributed by atoms with Gasteiger partial charge in [-0.15, -0.1) is 0 Å². The van der Waals surface area contributed by atoms with Gasteiger partial charge in [-0.3, -0.25) is 24.0 Å². The highest BCUT2D eigenvalue weighted by molar-refractivity contribution is 6.07. The molecule has 2 aromatic rings. The van der Waals surface area contributed by atoms with E-state index in [9.17, 15) is 14.4 Å². The summed E-state index contributed by atoms with van der Waals surface area (Å²) < 4.78 is 1.31. The van der Waals surface area contributed by atoms with Crippen molar-refractivity contribution in [3.8, 4) is 0 Å². The molecule has 1 amide bonds. The van der Waals surface area contributed by atoms with Crippen molar-refractivity contribution in [1.82, 2.24) is 14.5 Å². The van der Waals surface area contributed by atoms with Gasteiger partial charge in [0.25, 0.3) is 11.5 Å². The predicted molar refractivity (Wildman–Crippen MR) is 129 cm³/mol. The molecule has 3 rings (SSSR count). The van der Waals surface area contributed by atoms with Crippen molar-refractivity contribution in [2.45, 2.75) is 46.2 Å². The lowest BCUT2D eigenvalue weighted by atomic mass is 10.1. The zero-order valence-electron chi connectivity index (χ0n) is 19.4. The number of nitrogens with zero attached hydrogens (tertiary/aromatic N) is 4. The van der Waals surface area contributed by atoms with Gasteiger partial charge in [0.15, 0.2) is 5.69 Å². The van der Waals surface area contributed by atoms with Gasteiger partial charge in [-0.2, -0.15) is 0 Å². The highest BCUT2D eigenvalue weighted by Crippen LogP contribution is 2.21.